The molecule has 0 unspecified atom stereocenters. The summed E-state index contributed by atoms with van der Waals surface area (Å²) in [5.41, 5.74) is 0.893. The van der Waals surface area contributed by atoms with Gasteiger partial charge in [0.1, 0.15) is 0 Å². The highest BCUT2D eigenvalue weighted by Crippen LogP contribution is 2.22. The standard InChI is InChI=1S/C10H10N2O4.ClH/c13-10-11-9(5-6-16-10)7-1-3-8(4-2-7)12(14)15;/h1-4,9H,5-6H2,(H,11,13);1H/t9-;/m0./s1. The second-order valence-electron chi connectivity index (χ2n) is 3.47. The van der Waals surface area contributed by atoms with Crippen LogP contribution < -0.4 is 5.32 Å². The molecule has 0 aliphatic carbocycles. The van der Waals surface area contributed by atoms with Crippen molar-refractivity contribution in [3.8, 4) is 0 Å². The van der Waals surface area contributed by atoms with Crippen LogP contribution in [0.1, 0.15) is 18.0 Å². The van der Waals surface area contributed by atoms with E-state index >= 15 is 0 Å². The van der Waals surface area contributed by atoms with Gasteiger partial charge in [-0.3, -0.25) is 10.1 Å². The van der Waals surface area contributed by atoms with Crippen LogP contribution >= 0.6 is 12.4 Å². The lowest BCUT2D eigenvalue weighted by Crippen LogP contribution is -2.35. The number of non-ortho nitro benzene ring substituents is 1. The zero-order valence-corrected chi connectivity index (χ0v) is 9.61. The van der Waals surface area contributed by atoms with E-state index in [1.165, 1.54) is 12.1 Å². The third-order valence-corrected chi connectivity index (χ3v) is 2.44. The molecule has 1 aliphatic rings. The molecule has 0 aromatic heterocycles. The monoisotopic (exact) mass is 258 g/mol. The maximum Gasteiger partial charge on any atom is 0.407 e. The molecule has 1 aromatic carbocycles. The van der Waals surface area contributed by atoms with Crippen LogP contribution in [0.15, 0.2) is 24.3 Å². The van der Waals surface area contributed by atoms with Crippen LogP contribution in [-0.2, 0) is 4.74 Å². The number of alkyl carbamates (subject to hydrolysis) is 1. The van der Waals surface area contributed by atoms with E-state index in [1.807, 2.05) is 0 Å². The summed E-state index contributed by atoms with van der Waals surface area (Å²) in [7, 11) is 0. The van der Waals surface area contributed by atoms with Crippen molar-refractivity contribution in [3.05, 3.63) is 39.9 Å². The summed E-state index contributed by atoms with van der Waals surface area (Å²) in [5, 5.41) is 13.1. The highest BCUT2D eigenvalue weighted by molar-refractivity contribution is 5.85. The van der Waals surface area contributed by atoms with Gasteiger partial charge in [0.15, 0.2) is 0 Å². The molecule has 0 saturated carbocycles. The Morgan fingerprint density at radius 3 is 2.53 bits per heavy atom. The first kappa shape index (κ1) is 13.2. The fraction of sp³-hybridized carbons (Fsp3) is 0.300. The lowest BCUT2D eigenvalue weighted by molar-refractivity contribution is -0.384. The van der Waals surface area contributed by atoms with Crippen molar-refractivity contribution >= 4 is 24.2 Å². The lowest BCUT2D eigenvalue weighted by atomic mass is 10.0. The molecule has 1 atom stereocenters. The number of carbonyl (C=O) groups is 1. The van der Waals surface area contributed by atoms with Crippen LogP contribution in [0.4, 0.5) is 10.5 Å². The van der Waals surface area contributed by atoms with Gasteiger partial charge in [0, 0.05) is 18.6 Å². The number of hydrogen-bond donors (Lipinski definition) is 1. The first-order valence-corrected chi connectivity index (χ1v) is 4.84. The Morgan fingerprint density at radius 2 is 2.00 bits per heavy atom. The van der Waals surface area contributed by atoms with Gasteiger partial charge >= 0.3 is 6.09 Å². The van der Waals surface area contributed by atoms with Gasteiger partial charge in [-0.05, 0) is 5.56 Å². The number of cyclic esters (lactones) is 1. The Labute approximate surface area is 104 Å². The lowest BCUT2D eigenvalue weighted by Gasteiger charge is -2.23. The van der Waals surface area contributed by atoms with Crippen molar-refractivity contribution in [2.24, 2.45) is 0 Å². The predicted octanol–water partition coefficient (Wildman–Crippen LogP) is 2.19. The first-order chi connectivity index (χ1) is 7.66. The third kappa shape index (κ3) is 3.07. The molecule has 1 aliphatic heterocycles. The predicted molar refractivity (Wildman–Crippen MR) is 62.2 cm³/mol. The molecule has 1 N–H and O–H groups in total. The molecule has 92 valence electrons. The van der Waals surface area contributed by atoms with E-state index in [9.17, 15) is 14.9 Å². The fourth-order valence-corrected chi connectivity index (χ4v) is 1.60. The van der Waals surface area contributed by atoms with Crippen molar-refractivity contribution in [3.63, 3.8) is 0 Å². The Bertz CT molecular complexity index is 421. The second kappa shape index (κ2) is 5.49. The van der Waals surface area contributed by atoms with E-state index in [-0.39, 0.29) is 24.1 Å². The second-order valence-corrected chi connectivity index (χ2v) is 3.47. The number of nitrogens with one attached hydrogen (secondary N) is 1. The Kier molecular flexibility index (Phi) is 4.28. The van der Waals surface area contributed by atoms with Crippen LogP contribution in [0.3, 0.4) is 0 Å². The number of ether oxygens (including phenoxy) is 1. The normalized spacial score (nSPS) is 18.6. The highest BCUT2D eigenvalue weighted by Gasteiger charge is 2.21. The average molecular weight is 259 g/mol. The van der Waals surface area contributed by atoms with Gasteiger partial charge in [-0.15, -0.1) is 12.4 Å². The Balaban J connectivity index is 0.00000144. The molecular formula is C10H11ClN2O4. The number of nitrogens with zero attached hydrogens (tertiary/aromatic N) is 1. The van der Waals surface area contributed by atoms with E-state index in [0.29, 0.717) is 13.0 Å². The summed E-state index contributed by atoms with van der Waals surface area (Å²) in [6, 6.07) is 6.03. The maximum absolute atomic E-state index is 11.0. The molecule has 1 fully saturated rings. The molecule has 1 heterocycles. The molecule has 1 saturated heterocycles. The summed E-state index contributed by atoms with van der Waals surface area (Å²) in [6.45, 7) is 0.369. The summed E-state index contributed by atoms with van der Waals surface area (Å²) in [5.74, 6) is 0. The van der Waals surface area contributed by atoms with Crippen molar-refractivity contribution < 1.29 is 14.5 Å². The number of nitro groups is 1. The molecule has 7 heteroatoms. The topological polar surface area (TPSA) is 81.5 Å². The number of benzene rings is 1. The SMILES string of the molecule is Cl.O=C1N[C@H](c2ccc([N+](=O)[O-])cc2)CCO1. The van der Waals surface area contributed by atoms with Crippen molar-refractivity contribution in [1.82, 2.24) is 5.32 Å². The number of halogens is 1. The number of amides is 1. The van der Waals surface area contributed by atoms with Gasteiger partial charge in [-0.25, -0.2) is 4.79 Å². The molecule has 1 amide bonds. The quantitative estimate of drug-likeness (QED) is 0.651. The van der Waals surface area contributed by atoms with Gasteiger partial charge in [-0.1, -0.05) is 12.1 Å². The van der Waals surface area contributed by atoms with E-state index in [2.05, 4.69) is 5.32 Å². The zero-order chi connectivity index (χ0) is 11.5. The first-order valence-electron chi connectivity index (χ1n) is 4.84. The fourth-order valence-electron chi connectivity index (χ4n) is 1.60. The Morgan fingerprint density at radius 1 is 1.35 bits per heavy atom. The van der Waals surface area contributed by atoms with Gasteiger partial charge in [-0.2, -0.15) is 0 Å². The molecular weight excluding hydrogens is 248 g/mol. The largest absolute Gasteiger partial charge is 0.449 e. The zero-order valence-electron chi connectivity index (χ0n) is 8.79. The summed E-state index contributed by atoms with van der Waals surface area (Å²) >= 11 is 0. The number of carbonyl (C=O) groups excluding carboxylic acids is 1. The van der Waals surface area contributed by atoms with Crippen molar-refractivity contribution in [1.29, 1.82) is 0 Å². The van der Waals surface area contributed by atoms with Gasteiger partial charge in [0.2, 0.25) is 0 Å². The minimum Gasteiger partial charge on any atom is -0.449 e. The van der Waals surface area contributed by atoms with E-state index in [1.54, 1.807) is 12.1 Å². The van der Waals surface area contributed by atoms with Crippen LogP contribution in [0, 0.1) is 10.1 Å². The highest BCUT2D eigenvalue weighted by atomic mass is 35.5. The summed E-state index contributed by atoms with van der Waals surface area (Å²) < 4.78 is 4.73. The van der Waals surface area contributed by atoms with Crippen molar-refractivity contribution in [2.45, 2.75) is 12.5 Å². The van der Waals surface area contributed by atoms with Crippen molar-refractivity contribution in [2.75, 3.05) is 6.61 Å². The molecule has 1 aromatic rings. The summed E-state index contributed by atoms with van der Waals surface area (Å²) in [6.07, 6.45) is 0.221. The number of hydrogen-bond acceptors (Lipinski definition) is 4. The maximum atomic E-state index is 11.0. The Hall–Kier alpha value is -1.82. The van der Waals surface area contributed by atoms with Crippen LogP contribution in [0.25, 0.3) is 0 Å². The van der Waals surface area contributed by atoms with E-state index < -0.39 is 11.0 Å². The minimum atomic E-state index is -0.452. The van der Waals surface area contributed by atoms with Crippen LogP contribution in [0.5, 0.6) is 0 Å². The molecule has 0 spiro atoms. The van der Waals surface area contributed by atoms with E-state index in [0.717, 1.165) is 5.56 Å². The van der Waals surface area contributed by atoms with Crippen LogP contribution in [0.2, 0.25) is 0 Å². The van der Waals surface area contributed by atoms with E-state index in [4.69, 9.17) is 4.74 Å². The molecule has 2 rings (SSSR count). The minimum absolute atomic E-state index is 0. The van der Waals surface area contributed by atoms with Crippen LogP contribution in [-0.4, -0.2) is 17.6 Å². The smallest absolute Gasteiger partial charge is 0.407 e. The summed E-state index contributed by atoms with van der Waals surface area (Å²) in [4.78, 5) is 21.0. The molecule has 17 heavy (non-hydrogen) atoms. The van der Waals surface area contributed by atoms with Gasteiger partial charge in [0.25, 0.3) is 5.69 Å². The number of nitro benzene ring substituents is 1. The average Bonchev–Trinajstić information content (AvgIpc) is 2.29. The molecule has 0 radical (unpaired) electrons. The van der Waals surface area contributed by atoms with Gasteiger partial charge in [0.05, 0.1) is 17.6 Å². The van der Waals surface area contributed by atoms with Gasteiger partial charge < -0.3 is 10.1 Å². The molecule has 6 nitrogen and oxygen atoms in total. The molecule has 0 bridgehead atoms. The number of rotatable bonds is 2. The third-order valence-electron chi connectivity index (χ3n) is 2.44.